The van der Waals surface area contributed by atoms with E-state index >= 15 is 0 Å². The molecule has 0 aliphatic rings. The first-order valence-electron chi connectivity index (χ1n) is 6.63. The zero-order valence-electron chi connectivity index (χ0n) is 13.0. The first-order valence-corrected chi connectivity index (χ1v) is 6.63. The van der Waals surface area contributed by atoms with Gasteiger partial charge in [0, 0.05) is 0 Å². The van der Waals surface area contributed by atoms with Crippen molar-refractivity contribution in [1.82, 2.24) is 0 Å². The monoisotopic (exact) mass is 302 g/mol. The molecule has 0 N–H and O–H groups in total. The maximum atomic E-state index is 11.7. The van der Waals surface area contributed by atoms with Crippen LogP contribution in [0.4, 0.5) is 0 Å². The van der Waals surface area contributed by atoms with Crippen molar-refractivity contribution in [3.05, 3.63) is 42.0 Å². The van der Waals surface area contributed by atoms with E-state index in [0.717, 1.165) is 11.1 Å². The lowest BCUT2D eigenvalue weighted by Crippen LogP contribution is -2.01. The van der Waals surface area contributed by atoms with Gasteiger partial charge in [-0.25, -0.2) is 4.79 Å². The molecule has 0 unspecified atom stereocenters. The predicted molar refractivity (Wildman–Crippen MR) is 82.9 cm³/mol. The van der Waals surface area contributed by atoms with E-state index in [1.165, 1.54) is 7.11 Å². The molecule has 2 rings (SSSR count). The van der Waals surface area contributed by atoms with Gasteiger partial charge in [-0.2, -0.15) is 0 Å². The Bertz CT molecular complexity index is 653. The van der Waals surface area contributed by atoms with Gasteiger partial charge in [0.25, 0.3) is 0 Å². The molecule has 0 aliphatic carbocycles. The van der Waals surface area contributed by atoms with E-state index in [2.05, 4.69) is 0 Å². The van der Waals surface area contributed by atoms with Gasteiger partial charge in [-0.15, -0.1) is 0 Å². The van der Waals surface area contributed by atoms with E-state index < -0.39 is 0 Å². The average Bonchev–Trinajstić information content (AvgIpc) is 2.59. The van der Waals surface area contributed by atoms with Gasteiger partial charge in [-0.1, -0.05) is 12.1 Å². The highest BCUT2D eigenvalue weighted by Crippen LogP contribution is 2.41. The summed E-state index contributed by atoms with van der Waals surface area (Å²) >= 11 is 0. The average molecular weight is 302 g/mol. The molecule has 0 fully saturated rings. The van der Waals surface area contributed by atoms with Crippen molar-refractivity contribution in [2.24, 2.45) is 0 Å². The molecule has 0 radical (unpaired) electrons. The first kappa shape index (κ1) is 15.7. The Kier molecular flexibility index (Phi) is 4.88. The summed E-state index contributed by atoms with van der Waals surface area (Å²) in [5.41, 5.74) is 2.18. The molecule has 116 valence electrons. The summed E-state index contributed by atoms with van der Waals surface area (Å²) in [6, 6.07) is 10.8. The lowest BCUT2D eigenvalue weighted by molar-refractivity contribution is 0.0601. The predicted octanol–water partition coefficient (Wildman–Crippen LogP) is 3.17. The van der Waals surface area contributed by atoms with Gasteiger partial charge in [-0.3, -0.25) is 0 Å². The summed E-state index contributed by atoms with van der Waals surface area (Å²) in [5, 5.41) is 0. The van der Waals surface area contributed by atoms with Crippen LogP contribution in [0.15, 0.2) is 36.4 Å². The van der Waals surface area contributed by atoms with Crippen molar-refractivity contribution in [2.75, 3.05) is 28.4 Å². The Balaban J connectivity index is 2.55. The summed E-state index contributed by atoms with van der Waals surface area (Å²) in [4.78, 5) is 11.7. The Hall–Kier alpha value is -2.69. The molecule has 0 aromatic heterocycles. The van der Waals surface area contributed by atoms with Crippen molar-refractivity contribution in [2.45, 2.75) is 0 Å². The minimum Gasteiger partial charge on any atom is -0.493 e. The maximum Gasteiger partial charge on any atom is 0.337 e. The van der Waals surface area contributed by atoms with Crippen molar-refractivity contribution in [3.63, 3.8) is 0 Å². The molecule has 2 aromatic carbocycles. The summed E-state index contributed by atoms with van der Waals surface area (Å²) in [7, 11) is 6.03. The molecule has 5 heteroatoms. The van der Waals surface area contributed by atoms with Crippen LogP contribution in [0.25, 0.3) is 11.1 Å². The van der Waals surface area contributed by atoms with Gasteiger partial charge >= 0.3 is 5.97 Å². The van der Waals surface area contributed by atoms with Crippen molar-refractivity contribution in [1.29, 1.82) is 0 Å². The molecule has 0 spiro atoms. The van der Waals surface area contributed by atoms with Crippen LogP contribution in [0, 0.1) is 0 Å². The second-order valence-corrected chi connectivity index (χ2v) is 4.49. The third-order valence-corrected chi connectivity index (χ3v) is 3.28. The fraction of sp³-hybridized carbons (Fsp3) is 0.235. The van der Waals surface area contributed by atoms with E-state index in [0.29, 0.717) is 22.8 Å². The Morgan fingerprint density at radius 1 is 0.818 bits per heavy atom. The standard InChI is InChI=1S/C17H18O5/c1-19-14-9-13(10-15(20-2)16(14)21-3)11-6-5-7-12(8-11)17(18)22-4/h5-10H,1-4H3. The third-order valence-electron chi connectivity index (χ3n) is 3.28. The van der Waals surface area contributed by atoms with Gasteiger partial charge in [0.15, 0.2) is 11.5 Å². The molecule has 0 heterocycles. The molecule has 0 amide bonds. The van der Waals surface area contributed by atoms with E-state index in [9.17, 15) is 4.79 Å². The number of esters is 1. The summed E-state index contributed by atoms with van der Waals surface area (Å²) in [6.45, 7) is 0. The maximum absolute atomic E-state index is 11.7. The smallest absolute Gasteiger partial charge is 0.337 e. The molecule has 0 saturated carbocycles. The summed E-state index contributed by atoms with van der Waals surface area (Å²) in [6.07, 6.45) is 0. The lowest BCUT2D eigenvalue weighted by Gasteiger charge is -2.14. The van der Waals surface area contributed by atoms with Crippen molar-refractivity contribution in [3.8, 4) is 28.4 Å². The summed E-state index contributed by atoms with van der Waals surface area (Å²) < 4.78 is 20.7. The Morgan fingerprint density at radius 2 is 1.45 bits per heavy atom. The van der Waals surface area contributed by atoms with E-state index in [1.807, 2.05) is 18.2 Å². The summed E-state index contributed by atoms with van der Waals surface area (Å²) in [5.74, 6) is 1.26. The molecular weight excluding hydrogens is 284 g/mol. The van der Waals surface area contributed by atoms with Crippen LogP contribution in [0.5, 0.6) is 17.2 Å². The van der Waals surface area contributed by atoms with Gasteiger partial charge in [0.05, 0.1) is 34.0 Å². The zero-order valence-corrected chi connectivity index (χ0v) is 13.0. The largest absolute Gasteiger partial charge is 0.493 e. The molecule has 0 bridgehead atoms. The van der Waals surface area contributed by atoms with Crippen molar-refractivity contribution >= 4 is 5.97 Å². The van der Waals surface area contributed by atoms with Crippen molar-refractivity contribution < 1.29 is 23.7 Å². The van der Waals surface area contributed by atoms with Crippen LogP contribution < -0.4 is 14.2 Å². The van der Waals surface area contributed by atoms with Gasteiger partial charge in [0.1, 0.15) is 0 Å². The molecule has 2 aromatic rings. The van der Waals surface area contributed by atoms with Crippen LogP contribution in [0.1, 0.15) is 10.4 Å². The SMILES string of the molecule is COC(=O)c1cccc(-c2cc(OC)c(OC)c(OC)c2)c1. The molecule has 0 aliphatic heterocycles. The van der Waals surface area contributed by atoms with Gasteiger partial charge in [-0.05, 0) is 35.4 Å². The van der Waals surface area contributed by atoms with Gasteiger partial charge in [0.2, 0.25) is 5.75 Å². The Morgan fingerprint density at radius 3 is 1.95 bits per heavy atom. The number of benzene rings is 2. The van der Waals surface area contributed by atoms with Crippen LogP contribution in [-0.2, 0) is 4.74 Å². The number of ether oxygens (including phenoxy) is 4. The number of carbonyl (C=O) groups is 1. The fourth-order valence-corrected chi connectivity index (χ4v) is 2.19. The minimum absolute atomic E-state index is 0.380. The number of hydrogen-bond acceptors (Lipinski definition) is 5. The van der Waals surface area contributed by atoms with Crippen LogP contribution >= 0.6 is 0 Å². The number of rotatable bonds is 5. The molecular formula is C17H18O5. The molecule has 22 heavy (non-hydrogen) atoms. The van der Waals surface area contributed by atoms with Crippen LogP contribution in [-0.4, -0.2) is 34.4 Å². The molecule has 0 saturated heterocycles. The third kappa shape index (κ3) is 2.98. The van der Waals surface area contributed by atoms with Gasteiger partial charge < -0.3 is 18.9 Å². The fourth-order valence-electron chi connectivity index (χ4n) is 2.19. The van der Waals surface area contributed by atoms with Crippen LogP contribution in [0.3, 0.4) is 0 Å². The van der Waals surface area contributed by atoms with E-state index in [-0.39, 0.29) is 5.97 Å². The first-order chi connectivity index (χ1) is 10.6. The zero-order chi connectivity index (χ0) is 16.1. The minimum atomic E-state index is -0.380. The number of methoxy groups -OCH3 is 4. The molecule has 5 nitrogen and oxygen atoms in total. The topological polar surface area (TPSA) is 54.0 Å². The second kappa shape index (κ2) is 6.85. The van der Waals surface area contributed by atoms with E-state index in [1.54, 1.807) is 39.5 Å². The number of hydrogen-bond donors (Lipinski definition) is 0. The second-order valence-electron chi connectivity index (χ2n) is 4.49. The molecule has 0 atom stereocenters. The highest BCUT2D eigenvalue weighted by molar-refractivity contribution is 5.91. The van der Waals surface area contributed by atoms with Crippen LogP contribution in [0.2, 0.25) is 0 Å². The highest BCUT2D eigenvalue weighted by atomic mass is 16.5. The van der Waals surface area contributed by atoms with E-state index in [4.69, 9.17) is 18.9 Å². The highest BCUT2D eigenvalue weighted by Gasteiger charge is 2.15. The normalized spacial score (nSPS) is 10.0. The lowest BCUT2D eigenvalue weighted by atomic mass is 10.0. The number of carbonyl (C=O) groups excluding carboxylic acids is 1. The quantitative estimate of drug-likeness (QED) is 0.794. The Labute approximate surface area is 129 Å².